The molecule has 5 unspecified atom stereocenters. The van der Waals surface area contributed by atoms with Gasteiger partial charge in [-0.25, -0.2) is 0 Å². The van der Waals surface area contributed by atoms with Crippen LogP contribution in [-0.2, 0) is 14.3 Å². The molecule has 1 heterocycles. The molecule has 2 aliphatic rings. The van der Waals surface area contributed by atoms with Gasteiger partial charge in [-0.2, -0.15) is 0 Å². The molecule has 2 rings (SSSR count). The van der Waals surface area contributed by atoms with Gasteiger partial charge in [0.25, 0.3) is 0 Å². The van der Waals surface area contributed by atoms with E-state index in [1.165, 1.54) is 0 Å². The van der Waals surface area contributed by atoms with Gasteiger partial charge in [0.1, 0.15) is 9.53 Å². The fourth-order valence-corrected chi connectivity index (χ4v) is 2.49. The lowest BCUT2D eigenvalue weighted by Crippen LogP contribution is -2.39. The monoisotopic (exact) mass is 354 g/mol. The minimum atomic E-state index is -0.666. The Morgan fingerprint density at radius 1 is 1.59 bits per heavy atom. The molecule has 5 heteroatoms. The standard InChI is InChI=1S/C12H19IO4/c1-3-12(2,13)11(15)17-8-5-4-7-6-9(8)16-10(7)14/h7-10,14H,3-6H2,1-2H3. The van der Waals surface area contributed by atoms with Gasteiger partial charge < -0.3 is 14.6 Å². The van der Waals surface area contributed by atoms with Crippen molar-refractivity contribution in [1.29, 1.82) is 0 Å². The summed E-state index contributed by atoms with van der Waals surface area (Å²) in [5.41, 5.74) is 0. The summed E-state index contributed by atoms with van der Waals surface area (Å²) < 4.78 is 10.5. The first kappa shape index (κ1) is 13.5. The molecule has 5 atom stereocenters. The summed E-state index contributed by atoms with van der Waals surface area (Å²) in [4.78, 5) is 12.0. The van der Waals surface area contributed by atoms with E-state index in [1.54, 1.807) is 0 Å². The highest BCUT2D eigenvalue weighted by Crippen LogP contribution is 2.39. The molecule has 0 aromatic heterocycles. The molecule has 1 saturated carbocycles. The second kappa shape index (κ2) is 5.01. The molecule has 0 spiro atoms. The molecule has 2 bridgehead atoms. The predicted octanol–water partition coefficient (Wildman–Crippen LogP) is 2.02. The lowest BCUT2D eigenvalue weighted by molar-refractivity contribution is -0.165. The molecule has 0 aromatic carbocycles. The second-order valence-corrected chi connectivity index (χ2v) is 7.51. The van der Waals surface area contributed by atoms with Crippen LogP contribution < -0.4 is 0 Å². The molecule has 2 fully saturated rings. The third kappa shape index (κ3) is 2.76. The number of alkyl halides is 1. The maximum Gasteiger partial charge on any atom is 0.322 e. The normalized spacial score (nSPS) is 39.8. The maximum absolute atomic E-state index is 12.0. The average molecular weight is 354 g/mol. The summed E-state index contributed by atoms with van der Waals surface area (Å²) >= 11 is 2.13. The van der Waals surface area contributed by atoms with Gasteiger partial charge in [0.15, 0.2) is 6.29 Å². The summed E-state index contributed by atoms with van der Waals surface area (Å²) in [6.45, 7) is 3.85. The van der Waals surface area contributed by atoms with E-state index in [9.17, 15) is 9.90 Å². The Morgan fingerprint density at radius 2 is 2.29 bits per heavy atom. The first-order valence-electron chi connectivity index (χ1n) is 6.17. The maximum atomic E-state index is 12.0. The van der Waals surface area contributed by atoms with Gasteiger partial charge in [-0.1, -0.05) is 29.5 Å². The molecule has 0 radical (unpaired) electrons. The molecule has 1 N–H and O–H groups in total. The van der Waals surface area contributed by atoms with E-state index in [1.807, 2.05) is 13.8 Å². The number of aliphatic hydroxyl groups is 1. The van der Waals surface area contributed by atoms with Crippen LogP contribution in [0.5, 0.6) is 0 Å². The first-order valence-corrected chi connectivity index (χ1v) is 7.25. The van der Waals surface area contributed by atoms with E-state index in [-0.39, 0.29) is 24.1 Å². The van der Waals surface area contributed by atoms with E-state index in [4.69, 9.17) is 9.47 Å². The summed E-state index contributed by atoms with van der Waals surface area (Å²) in [7, 11) is 0. The highest BCUT2D eigenvalue weighted by Gasteiger charge is 2.45. The molecule has 1 aliphatic carbocycles. The minimum Gasteiger partial charge on any atom is -0.459 e. The number of fused-ring (bicyclic) bond motifs is 2. The molecule has 0 amide bonds. The van der Waals surface area contributed by atoms with Crippen LogP contribution in [0.3, 0.4) is 0 Å². The average Bonchev–Trinajstić information content (AvgIpc) is 2.59. The summed E-state index contributed by atoms with van der Waals surface area (Å²) in [6, 6.07) is 0. The third-order valence-electron chi connectivity index (χ3n) is 3.84. The zero-order valence-electron chi connectivity index (χ0n) is 10.2. The Balaban J connectivity index is 1.94. The van der Waals surface area contributed by atoms with Crippen LogP contribution in [0.4, 0.5) is 0 Å². The molecule has 1 aliphatic heterocycles. The zero-order valence-corrected chi connectivity index (χ0v) is 12.3. The van der Waals surface area contributed by atoms with Gasteiger partial charge in [-0.3, -0.25) is 4.79 Å². The smallest absolute Gasteiger partial charge is 0.322 e. The summed E-state index contributed by atoms with van der Waals surface area (Å²) in [5.74, 6) is 0.0566. The molecule has 98 valence electrons. The fraction of sp³-hybridized carbons (Fsp3) is 0.917. The van der Waals surface area contributed by atoms with Crippen LogP contribution in [0, 0.1) is 5.92 Å². The number of hydrogen-bond acceptors (Lipinski definition) is 4. The quantitative estimate of drug-likeness (QED) is 0.479. The van der Waals surface area contributed by atoms with Crippen molar-refractivity contribution in [3.05, 3.63) is 0 Å². The minimum absolute atomic E-state index is 0.114. The number of rotatable bonds is 3. The number of esters is 1. The van der Waals surface area contributed by atoms with E-state index < -0.39 is 9.71 Å². The van der Waals surface area contributed by atoms with Crippen LogP contribution in [0.25, 0.3) is 0 Å². The van der Waals surface area contributed by atoms with Crippen molar-refractivity contribution in [3.63, 3.8) is 0 Å². The van der Waals surface area contributed by atoms with E-state index in [0.717, 1.165) is 25.7 Å². The lowest BCUT2D eigenvalue weighted by atomic mass is 9.88. The number of halogens is 1. The molecule has 1 saturated heterocycles. The van der Waals surface area contributed by atoms with E-state index in [2.05, 4.69) is 22.6 Å². The van der Waals surface area contributed by atoms with Gasteiger partial charge in [0.05, 0.1) is 6.10 Å². The number of aliphatic hydroxyl groups excluding tert-OH is 1. The van der Waals surface area contributed by atoms with Crippen molar-refractivity contribution in [2.75, 3.05) is 0 Å². The number of carbonyl (C=O) groups excluding carboxylic acids is 1. The van der Waals surface area contributed by atoms with Gasteiger partial charge in [-0.05, 0) is 32.6 Å². The Hall–Kier alpha value is 0.120. The van der Waals surface area contributed by atoms with E-state index in [0.29, 0.717) is 0 Å². The van der Waals surface area contributed by atoms with Crippen LogP contribution in [0.15, 0.2) is 0 Å². The number of hydrogen-bond donors (Lipinski definition) is 1. The van der Waals surface area contributed by atoms with Crippen molar-refractivity contribution < 1.29 is 19.4 Å². The zero-order chi connectivity index (χ0) is 12.6. The van der Waals surface area contributed by atoms with Gasteiger partial charge in [-0.15, -0.1) is 0 Å². The van der Waals surface area contributed by atoms with Crippen molar-refractivity contribution in [1.82, 2.24) is 0 Å². The topological polar surface area (TPSA) is 55.8 Å². The predicted molar refractivity (Wildman–Crippen MR) is 70.8 cm³/mol. The van der Waals surface area contributed by atoms with Crippen molar-refractivity contribution in [3.8, 4) is 0 Å². The van der Waals surface area contributed by atoms with Crippen molar-refractivity contribution in [2.45, 2.75) is 61.5 Å². The second-order valence-electron chi connectivity index (χ2n) is 5.13. The van der Waals surface area contributed by atoms with Crippen LogP contribution >= 0.6 is 22.6 Å². The number of carbonyl (C=O) groups is 1. The Morgan fingerprint density at radius 3 is 2.94 bits per heavy atom. The Bertz CT molecular complexity index is 303. The highest BCUT2D eigenvalue weighted by atomic mass is 127. The molecule has 17 heavy (non-hydrogen) atoms. The van der Waals surface area contributed by atoms with Crippen LogP contribution in [0.2, 0.25) is 0 Å². The van der Waals surface area contributed by atoms with E-state index >= 15 is 0 Å². The highest BCUT2D eigenvalue weighted by molar-refractivity contribution is 14.1. The number of ether oxygens (including phenoxy) is 2. The fourth-order valence-electron chi connectivity index (χ4n) is 2.36. The molecular formula is C12H19IO4. The molecule has 4 nitrogen and oxygen atoms in total. The molecule has 0 aromatic rings. The Labute approximate surface area is 115 Å². The van der Waals surface area contributed by atoms with Gasteiger partial charge in [0, 0.05) is 5.92 Å². The third-order valence-corrected chi connectivity index (χ3v) is 5.04. The van der Waals surface area contributed by atoms with Crippen molar-refractivity contribution in [2.24, 2.45) is 5.92 Å². The lowest BCUT2D eigenvalue weighted by Gasteiger charge is -2.29. The summed E-state index contributed by atoms with van der Waals surface area (Å²) in [6.07, 6.45) is 2.27. The summed E-state index contributed by atoms with van der Waals surface area (Å²) in [5, 5.41) is 9.59. The van der Waals surface area contributed by atoms with Crippen molar-refractivity contribution >= 4 is 28.6 Å². The first-order chi connectivity index (χ1) is 7.94. The largest absolute Gasteiger partial charge is 0.459 e. The SMILES string of the molecule is CCC(C)(I)C(=O)OC1CCC2CC1OC2O. The van der Waals surface area contributed by atoms with Gasteiger partial charge in [0.2, 0.25) is 0 Å². The van der Waals surface area contributed by atoms with Gasteiger partial charge >= 0.3 is 5.97 Å². The van der Waals surface area contributed by atoms with Crippen LogP contribution in [-0.4, -0.2) is 33.0 Å². The van der Waals surface area contributed by atoms with Crippen LogP contribution in [0.1, 0.15) is 39.5 Å². The molecular weight excluding hydrogens is 335 g/mol. The Kier molecular flexibility index (Phi) is 3.99.